The SMILES string of the molecule is CCC(C)(N)C(=O)Nc1ccc(Cl)nc1. The lowest BCUT2D eigenvalue weighted by Crippen LogP contribution is -2.47. The van der Waals surface area contributed by atoms with Crippen LogP contribution < -0.4 is 11.1 Å². The maximum Gasteiger partial charge on any atom is 0.244 e. The molecule has 4 nitrogen and oxygen atoms in total. The van der Waals surface area contributed by atoms with Gasteiger partial charge in [0.2, 0.25) is 5.91 Å². The predicted molar refractivity (Wildman–Crippen MR) is 60.8 cm³/mol. The number of hydrogen-bond acceptors (Lipinski definition) is 3. The fourth-order valence-electron chi connectivity index (χ4n) is 0.884. The zero-order valence-electron chi connectivity index (χ0n) is 8.75. The van der Waals surface area contributed by atoms with Crippen LogP contribution in [-0.2, 0) is 4.79 Å². The van der Waals surface area contributed by atoms with Crippen molar-refractivity contribution in [3.05, 3.63) is 23.5 Å². The van der Waals surface area contributed by atoms with Crippen molar-refractivity contribution < 1.29 is 4.79 Å². The highest BCUT2D eigenvalue weighted by atomic mass is 35.5. The normalized spacial score (nSPS) is 14.4. The maximum absolute atomic E-state index is 11.7. The van der Waals surface area contributed by atoms with E-state index < -0.39 is 5.54 Å². The summed E-state index contributed by atoms with van der Waals surface area (Å²) in [7, 11) is 0. The average molecular weight is 228 g/mol. The molecule has 0 radical (unpaired) electrons. The average Bonchev–Trinajstić information content (AvgIpc) is 2.21. The molecule has 5 heteroatoms. The van der Waals surface area contributed by atoms with Crippen molar-refractivity contribution in [2.45, 2.75) is 25.8 Å². The number of nitrogens with two attached hydrogens (primary N) is 1. The second-order valence-corrected chi connectivity index (χ2v) is 3.98. The van der Waals surface area contributed by atoms with Crippen molar-refractivity contribution in [3.8, 4) is 0 Å². The minimum absolute atomic E-state index is 0.228. The van der Waals surface area contributed by atoms with Crippen LogP contribution in [0.1, 0.15) is 20.3 Å². The van der Waals surface area contributed by atoms with Crippen LogP contribution in [0.5, 0.6) is 0 Å². The molecule has 1 aromatic rings. The van der Waals surface area contributed by atoms with Gasteiger partial charge in [-0.3, -0.25) is 4.79 Å². The zero-order valence-corrected chi connectivity index (χ0v) is 9.51. The minimum atomic E-state index is -0.861. The van der Waals surface area contributed by atoms with Crippen molar-refractivity contribution in [3.63, 3.8) is 0 Å². The molecule has 0 bridgehead atoms. The Morgan fingerprint density at radius 1 is 1.67 bits per heavy atom. The van der Waals surface area contributed by atoms with Gasteiger partial charge in [0.05, 0.1) is 17.4 Å². The molecule has 0 saturated heterocycles. The summed E-state index contributed by atoms with van der Waals surface area (Å²) in [5.74, 6) is -0.228. The Morgan fingerprint density at radius 3 is 2.80 bits per heavy atom. The molecule has 1 amide bonds. The highest BCUT2D eigenvalue weighted by Gasteiger charge is 2.25. The van der Waals surface area contributed by atoms with Gasteiger partial charge in [-0.25, -0.2) is 4.98 Å². The Balaban J connectivity index is 2.71. The van der Waals surface area contributed by atoms with Crippen LogP contribution in [0.4, 0.5) is 5.69 Å². The summed E-state index contributed by atoms with van der Waals surface area (Å²) in [5, 5.41) is 3.06. The van der Waals surface area contributed by atoms with Crippen LogP contribution in [0, 0.1) is 0 Å². The van der Waals surface area contributed by atoms with E-state index in [1.165, 1.54) is 6.20 Å². The first-order valence-electron chi connectivity index (χ1n) is 4.67. The molecule has 1 atom stereocenters. The van der Waals surface area contributed by atoms with Crippen molar-refractivity contribution in [2.24, 2.45) is 5.73 Å². The molecule has 0 fully saturated rings. The number of carbonyl (C=O) groups excluding carboxylic acids is 1. The van der Waals surface area contributed by atoms with E-state index in [9.17, 15) is 4.79 Å². The second kappa shape index (κ2) is 4.59. The van der Waals surface area contributed by atoms with Gasteiger partial charge in [-0.05, 0) is 25.5 Å². The summed E-state index contributed by atoms with van der Waals surface area (Å²) >= 11 is 5.62. The van der Waals surface area contributed by atoms with Gasteiger partial charge in [-0.1, -0.05) is 18.5 Å². The number of pyridine rings is 1. The van der Waals surface area contributed by atoms with Crippen LogP contribution in [0.15, 0.2) is 18.3 Å². The van der Waals surface area contributed by atoms with Gasteiger partial charge in [-0.2, -0.15) is 0 Å². The standard InChI is InChI=1S/C10H14ClN3O/c1-3-10(2,12)9(15)14-7-4-5-8(11)13-6-7/h4-6H,3,12H2,1-2H3,(H,14,15). The summed E-state index contributed by atoms with van der Waals surface area (Å²) in [4.78, 5) is 15.5. The number of anilines is 1. The highest BCUT2D eigenvalue weighted by molar-refractivity contribution is 6.29. The van der Waals surface area contributed by atoms with Gasteiger partial charge >= 0.3 is 0 Å². The van der Waals surface area contributed by atoms with E-state index in [4.69, 9.17) is 17.3 Å². The Labute approximate surface area is 93.8 Å². The molecule has 1 heterocycles. The summed E-state index contributed by atoms with van der Waals surface area (Å²) in [5.41, 5.74) is 5.51. The van der Waals surface area contributed by atoms with Gasteiger partial charge < -0.3 is 11.1 Å². The van der Waals surface area contributed by atoms with Crippen LogP contribution in [-0.4, -0.2) is 16.4 Å². The van der Waals surface area contributed by atoms with Gasteiger partial charge in [0.1, 0.15) is 5.15 Å². The van der Waals surface area contributed by atoms with E-state index in [1.807, 2.05) is 6.92 Å². The van der Waals surface area contributed by atoms with Crippen molar-refractivity contribution >= 4 is 23.2 Å². The molecule has 1 aromatic heterocycles. The number of amides is 1. The first-order valence-corrected chi connectivity index (χ1v) is 5.05. The summed E-state index contributed by atoms with van der Waals surface area (Å²) in [6.45, 7) is 3.55. The van der Waals surface area contributed by atoms with E-state index in [1.54, 1.807) is 19.1 Å². The molecule has 0 aliphatic carbocycles. The van der Waals surface area contributed by atoms with Gasteiger partial charge in [0, 0.05) is 0 Å². The number of nitrogens with one attached hydrogen (secondary N) is 1. The number of hydrogen-bond donors (Lipinski definition) is 2. The largest absolute Gasteiger partial charge is 0.323 e. The predicted octanol–water partition coefficient (Wildman–Crippen LogP) is 1.80. The molecule has 0 aliphatic heterocycles. The third-order valence-electron chi connectivity index (χ3n) is 2.24. The second-order valence-electron chi connectivity index (χ2n) is 3.59. The first kappa shape index (κ1) is 11.9. The summed E-state index contributed by atoms with van der Waals surface area (Å²) < 4.78 is 0. The highest BCUT2D eigenvalue weighted by Crippen LogP contribution is 2.13. The quantitative estimate of drug-likeness (QED) is 0.774. The van der Waals surface area contributed by atoms with Crippen LogP contribution in [0.3, 0.4) is 0 Å². The third kappa shape index (κ3) is 3.18. The Hall–Kier alpha value is -1.13. The molecule has 15 heavy (non-hydrogen) atoms. The van der Waals surface area contributed by atoms with E-state index in [-0.39, 0.29) is 5.91 Å². The molecule has 0 aromatic carbocycles. The molecular formula is C10H14ClN3O. The molecule has 1 unspecified atom stereocenters. The van der Waals surface area contributed by atoms with Crippen molar-refractivity contribution in [1.82, 2.24) is 4.98 Å². The molecular weight excluding hydrogens is 214 g/mol. The smallest absolute Gasteiger partial charge is 0.244 e. The molecule has 0 spiro atoms. The molecule has 0 aliphatic rings. The van der Waals surface area contributed by atoms with E-state index in [2.05, 4.69) is 10.3 Å². The van der Waals surface area contributed by atoms with Gasteiger partial charge in [0.25, 0.3) is 0 Å². The molecule has 1 rings (SSSR count). The number of halogens is 1. The van der Waals surface area contributed by atoms with Gasteiger partial charge in [-0.15, -0.1) is 0 Å². The van der Waals surface area contributed by atoms with E-state index >= 15 is 0 Å². The first-order chi connectivity index (χ1) is 6.95. The minimum Gasteiger partial charge on any atom is -0.323 e. The lowest BCUT2D eigenvalue weighted by atomic mass is 9.99. The zero-order chi connectivity index (χ0) is 11.5. The fraction of sp³-hybridized carbons (Fsp3) is 0.400. The van der Waals surface area contributed by atoms with Crippen LogP contribution in [0.2, 0.25) is 5.15 Å². The lowest BCUT2D eigenvalue weighted by Gasteiger charge is -2.21. The van der Waals surface area contributed by atoms with E-state index in [0.717, 1.165) is 0 Å². The van der Waals surface area contributed by atoms with Crippen LogP contribution >= 0.6 is 11.6 Å². The molecule has 82 valence electrons. The lowest BCUT2D eigenvalue weighted by molar-refractivity contribution is -0.120. The monoisotopic (exact) mass is 227 g/mol. The Kier molecular flexibility index (Phi) is 3.66. The number of nitrogens with zero attached hydrogens (tertiary/aromatic N) is 1. The van der Waals surface area contributed by atoms with Crippen molar-refractivity contribution in [1.29, 1.82) is 0 Å². The number of rotatable bonds is 3. The van der Waals surface area contributed by atoms with Crippen LogP contribution in [0.25, 0.3) is 0 Å². The molecule has 3 N–H and O–H groups in total. The Bertz CT molecular complexity index is 348. The number of carbonyl (C=O) groups is 1. The maximum atomic E-state index is 11.7. The topological polar surface area (TPSA) is 68.0 Å². The summed E-state index contributed by atoms with van der Waals surface area (Å²) in [6, 6.07) is 3.29. The van der Waals surface area contributed by atoms with E-state index in [0.29, 0.717) is 17.3 Å². The third-order valence-corrected chi connectivity index (χ3v) is 2.46. The Morgan fingerprint density at radius 2 is 2.33 bits per heavy atom. The fourth-order valence-corrected chi connectivity index (χ4v) is 0.996. The summed E-state index contributed by atoms with van der Waals surface area (Å²) in [6.07, 6.45) is 2.06. The van der Waals surface area contributed by atoms with Crippen molar-refractivity contribution in [2.75, 3.05) is 5.32 Å². The molecule has 0 saturated carbocycles. The number of aromatic nitrogens is 1. The van der Waals surface area contributed by atoms with Gasteiger partial charge in [0.15, 0.2) is 0 Å².